The van der Waals surface area contributed by atoms with Crippen molar-refractivity contribution in [2.75, 3.05) is 18.0 Å². The molecule has 3 aromatic rings. The van der Waals surface area contributed by atoms with Crippen LogP contribution in [0.15, 0.2) is 66.7 Å². The summed E-state index contributed by atoms with van der Waals surface area (Å²) in [5.74, 6) is -0.365. The SMILES string of the molecule is O=C1c2ccccc2C(=O)N1CCCCN1c2ccccc2CCc2ccc(Cl)cc21. The van der Waals surface area contributed by atoms with Crippen LogP contribution >= 0.6 is 11.6 Å². The van der Waals surface area contributed by atoms with Crippen LogP contribution in [0, 0.1) is 0 Å². The van der Waals surface area contributed by atoms with Crippen molar-refractivity contribution in [2.45, 2.75) is 25.7 Å². The van der Waals surface area contributed by atoms with Gasteiger partial charge in [-0.1, -0.05) is 48.0 Å². The molecule has 0 radical (unpaired) electrons. The van der Waals surface area contributed by atoms with Gasteiger partial charge in [-0.15, -0.1) is 0 Å². The lowest BCUT2D eigenvalue weighted by atomic mass is 10.0. The second-order valence-electron chi connectivity index (χ2n) is 8.07. The number of aryl methyl sites for hydroxylation is 2. The maximum atomic E-state index is 12.6. The Morgan fingerprint density at radius 3 is 1.97 bits per heavy atom. The molecule has 5 rings (SSSR count). The molecule has 0 aliphatic carbocycles. The number of hydrogen-bond donors (Lipinski definition) is 0. The van der Waals surface area contributed by atoms with Gasteiger partial charge in [0.25, 0.3) is 11.8 Å². The number of carbonyl (C=O) groups is 2. The van der Waals surface area contributed by atoms with Gasteiger partial charge in [0.2, 0.25) is 0 Å². The second kappa shape index (κ2) is 8.20. The fraction of sp³-hybridized carbons (Fsp3) is 0.231. The maximum Gasteiger partial charge on any atom is 0.261 e. The van der Waals surface area contributed by atoms with Crippen LogP contribution in [0.1, 0.15) is 44.7 Å². The summed E-state index contributed by atoms with van der Waals surface area (Å²) in [6.07, 6.45) is 3.58. The number of fused-ring (bicyclic) bond motifs is 3. The van der Waals surface area contributed by atoms with Crippen molar-refractivity contribution < 1.29 is 9.59 Å². The molecule has 2 aliphatic heterocycles. The summed E-state index contributed by atoms with van der Waals surface area (Å²) in [7, 11) is 0. The molecule has 0 saturated carbocycles. The van der Waals surface area contributed by atoms with E-state index in [1.54, 1.807) is 24.3 Å². The van der Waals surface area contributed by atoms with Gasteiger partial charge in [-0.3, -0.25) is 14.5 Å². The molecular weight excluding hydrogens is 408 g/mol. The molecule has 0 unspecified atom stereocenters. The molecule has 0 saturated heterocycles. The molecule has 0 atom stereocenters. The number of unbranched alkanes of at least 4 members (excludes halogenated alkanes) is 1. The van der Waals surface area contributed by atoms with Crippen LogP contribution in [-0.4, -0.2) is 29.8 Å². The summed E-state index contributed by atoms with van der Waals surface area (Å²) in [5, 5.41) is 0.731. The summed E-state index contributed by atoms with van der Waals surface area (Å²) >= 11 is 6.34. The van der Waals surface area contributed by atoms with Gasteiger partial charge in [0.1, 0.15) is 0 Å². The van der Waals surface area contributed by atoms with Gasteiger partial charge in [0.05, 0.1) is 11.1 Å². The van der Waals surface area contributed by atoms with Crippen molar-refractivity contribution in [1.29, 1.82) is 0 Å². The Bertz CT molecular complexity index is 1140. The predicted molar refractivity (Wildman–Crippen MR) is 123 cm³/mol. The molecule has 4 nitrogen and oxygen atoms in total. The smallest absolute Gasteiger partial charge is 0.261 e. The zero-order valence-electron chi connectivity index (χ0n) is 17.2. The molecule has 5 heteroatoms. The third-order valence-corrected chi connectivity index (χ3v) is 6.41. The van der Waals surface area contributed by atoms with Gasteiger partial charge in [0.15, 0.2) is 0 Å². The highest BCUT2D eigenvalue weighted by Crippen LogP contribution is 2.37. The maximum absolute atomic E-state index is 12.6. The lowest BCUT2D eigenvalue weighted by molar-refractivity contribution is 0.0652. The van der Waals surface area contributed by atoms with E-state index < -0.39 is 0 Å². The van der Waals surface area contributed by atoms with E-state index in [-0.39, 0.29) is 11.8 Å². The van der Waals surface area contributed by atoms with E-state index in [0.717, 1.165) is 42.9 Å². The van der Waals surface area contributed by atoms with Gasteiger partial charge in [-0.05, 0) is 67.1 Å². The summed E-state index contributed by atoms with van der Waals surface area (Å²) in [6.45, 7) is 1.23. The summed E-state index contributed by atoms with van der Waals surface area (Å²) in [5.41, 5.74) is 6.01. The standard InChI is InChI=1S/C26H23ClN2O2/c27-20-14-13-19-12-11-18-7-1-4-10-23(18)28(24(19)17-20)15-5-6-16-29-25(30)21-8-2-3-9-22(21)26(29)31/h1-4,7-10,13-14,17H,5-6,11-12,15-16H2. The second-order valence-corrected chi connectivity index (χ2v) is 8.50. The van der Waals surface area contributed by atoms with E-state index in [9.17, 15) is 9.59 Å². The van der Waals surface area contributed by atoms with Gasteiger partial charge < -0.3 is 4.90 Å². The Morgan fingerprint density at radius 1 is 0.677 bits per heavy atom. The van der Waals surface area contributed by atoms with Crippen molar-refractivity contribution in [1.82, 2.24) is 4.90 Å². The largest absolute Gasteiger partial charge is 0.341 e. The number of hydrogen-bond acceptors (Lipinski definition) is 3. The minimum Gasteiger partial charge on any atom is -0.341 e. The number of carbonyl (C=O) groups excluding carboxylic acids is 2. The first-order valence-corrected chi connectivity index (χ1v) is 11.1. The van der Waals surface area contributed by atoms with Crippen molar-refractivity contribution in [3.8, 4) is 0 Å². The van der Waals surface area contributed by atoms with E-state index in [0.29, 0.717) is 17.7 Å². The minimum absolute atomic E-state index is 0.183. The van der Waals surface area contributed by atoms with E-state index in [1.165, 1.54) is 21.7 Å². The molecule has 0 fully saturated rings. The van der Waals surface area contributed by atoms with Crippen molar-refractivity contribution in [2.24, 2.45) is 0 Å². The molecule has 0 spiro atoms. The summed E-state index contributed by atoms with van der Waals surface area (Å²) < 4.78 is 0. The Kier molecular flexibility index (Phi) is 5.24. The first-order valence-electron chi connectivity index (χ1n) is 10.7. The molecule has 2 aliphatic rings. The van der Waals surface area contributed by atoms with E-state index in [4.69, 9.17) is 11.6 Å². The molecule has 156 valence electrons. The highest BCUT2D eigenvalue weighted by Gasteiger charge is 2.34. The first kappa shape index (κ1) is 19.8. The number of nitrogens with zero attached hydrogens (tertiary/aromatic N) is 2. The first-order chi connectivity index (χ1) is 15.1. The van der Waals surface area contributed by atoms with Crippen LogP contribution < -0.4 is 4.90 Å². The number of rotatable bonds is 5. The third kappa shape index (κ3) is 3.61. The average Bonchev–Trinajstić information content (AvgIpc) is 2.93. The van der Waals surface area contributed by atoms with Crippen LogP contribution in [-0.2, 0) is 12.8 Å². The summed E-state index contributed by atoms with van der Waals surface area (Å²) in [6, 6.07) is 21.7. The topological polar surface area (TPSA) is 40.6 Å². The highest BCUT2D eigenvalue weighted by molar-refractivity contribution is 6.31. The molecule has 0 aromatic heterocycles. The Hall–Kier alpha value is -3.11. The Morgan fingerprint density at radius 2 is 1.26 bits per heavy atom. The average molecular weight is 431 g/mol. The molecule has 31 heavy (non-hydrogen) atoms. The van der Waals surface area contributed by atoms with Gasteiger partial charge in [0, 0.05) is 29.5 Å². The number of benzene rings is 3. The number of para-hydroxylation sites is 1. The normalized spacial score (nSPS) is 14.9. The van der Waals surface area contributed by atoms with Crippen LogP contribution in [0.4, 0.5) is 11.4 Å². The number of amides is 2. The zero-order valence-corrected chi connectivity index (χ0v) is 17.9. The Balaban J connectivity index is 1.32. The number of halogens is 1. The number of imide groups is 1. The molecule has 3 aromatic carbocycles. The van der Waals surface area contributed by atoms with E-state index >= 15 is 0 Å². The molecular formula is C26H23ClN2O2. The van der Waals surface area contributed by atoms with Crippen molar-refractivity contribution >= 4 is 34.8 Å². The molecule has 2 amide bonds. The fourth-order valence-electron chi connectivity index (χ4n) is 4.61. The summed E-state index contributed by atoms with van der Waals surface area (Å²) in [4.78, 5) is 28.9. The number of anilines is 2. The molecule has 0 N–H and O–H groups in total. The molecule has 2 heterocycles. The van der Waals surface area contributed by atoms with Crippen LogP contribution in [0.5, 0.6) is 0 Å². The van der Waals surface area contributed by atoms with Gasteiger partial charge in [-0.2, -0.15) is 0 Å². The van der Waals surface area contributed by atoms with Crippen molar-refractivity contribution in [3.05, 3.63) is 94.0 Å². The Labute approximate surface area is 187 Å². The van der Waals surface area contributed by atoms with Gasteiger partial charge in [-0.25, -0.2) is 0 Å². The van der Waals surface area contributed by atoms with Crippen molar-refractivity contribution in [3.63, 3.8) is 0 Å². The quantitative estimate of drug-likeness (QED) is 0.387. The van der Waals surface area contributed by atoms with Crippen LogP contribution in [0.3, 0.4) is 0 Å². The van der Waals surface area contributed by atoms with Gasteiger partial charge >= 0.3 is 0 Å². The zero-order chi connectivity index (χ0) is 21.4. The molecule has 0 bridgehead atoms. The van der Waals surface area contributed by atoms with E-state index in [2.05, 4.69) is 35.2 Å². The minimum atomic E-state index is -0.183. The van der Waals surface area contributed by atoms with E-state index in [1.807, 2.05) is 12.1 Å². The third-order valence-electron chi connectivity index (χ3n) is 6.18. The monoisotopic (exact) mass is 430 g/mol. The van der Waals surface area contributed by atoms with Crippen LogP contribution in [0.25, 0.3) is 0 Å². The predicted octanol–water partition coefficient (Wildman–Crippen LogP) is 5.65. The lowest BCUT2D eigenvalue weighted by Crippen LogP contribution is -2.31. The fourth-order valence-corrected chi connectivity index (χ4v) is 4.77. The highest BCUT2D eigenvalue weighted by atomic mass is 35.5. The lowest BCUT2D eigenvalue weighted by Gasteiger charge is -2.27. The van der Waals surface area contributed by atoms with Crippen LogP contribution in [0.2, 0.25) is 5.02 Å².